The summed E-state index contributed by atoms with van der Waals surface area (Å²) in [6, 6.07) is 8.64. The molecule has 0 heterocycles. The second-order valence-electron chi connectivity index (χ2n) is 4.08. The molecular formula is C15H21N. The summed E-state index contributed by atoms with van der Waals surface area (Å²) in [4.78, 5) is 0. The molecule has 16 heavy (non-hydrogen) atoms. The van der Waals surface area contributed by atoms with Crippen molar-refractivity contribution in [2.45, 2.75) is 33.1 Å². The Balaban J connectivity index is 2.50. The normalized spacial score (nSPS) is 12.2. The molecule has 0 amide bonds. The molecule has 0 atom stereocenters. The quantitative estimate of drug-likeness (QED) is 0.744. The number of aryl methyl sites for hydroxylation is 1. The van der Waals surface area contributed by atoms with E-state index >= 15 is 0 Å². The molecule has 0 saturated carbocycles. The Morgan fingerprint density at radius 1 is 1.25 bits per heavy atom. The molecule has 1 aromatic rings. The predicted octanol–water partition coefficient (Wildman–Crippen LogP) is 3.74. The van der Waals surface area contributed by atoms with Crippen molar-refractivity contribution in [1.29, 1.82) is 0 Å². The summed E-state index contributed by atoms with van der Waals surface area (Å²) in [6.45, 7) is 4.27. The van der Waals surface area contributed by atoms with Crippen molar-refractivity contribution in [3.8, 4) is 0 Å². The minimum Gasteiger partial charge on any atom is -0.404 e. The van der Waals surface area contributed by atoms with Crippen LogP contribution in [0, 0.1) is 6.92 Å². The molecule has 0 aliphatic carbocycles. The van der Waals surface area contributed by atoms with Gasteiger partial charge in [0.25, 0.3) is 0 Å². The Bertz CT molecular complexity index is 358. The van der Waals surface area contributed by atoms with Gasteiger partial charge in [0.15, 0.2) is 0 Å². The van der Waals surface area contributed by atoms with Crippen LogP contribution < -0.4 is 5.73 Å². The summed E-state index contributed by atoms with van der Waals surface area (Å²) in [6.07, 6.45) is 9.18. The summed E-state index contributed by atoms with van der Waals surface area (Å²) in [5.74, 6) is 0. The standard InChI is InChI=1S/C15H21N/c1-3-5-15(12-16)7-4-6-14-10-8-13(2)9-11-14/h4,7-12H,3,5-6,16H2,1-2H3/b7-4-,15-12-. The Hall–Kier alpha value is -1.50. The number of hydrogen-bond acceptors (Lipinski definition) is 1. The van der Waals surface area contributed by atoms with Crippen LogP contribution in [0.2, 0.25) is 0 Å². The average molecular weight is 215 g/mol. The van der Waals surface area contributed by atoms with Crippen LogP contribution >= 0.6 is 0 Å². The van der Waals surface area contributed by atoms with Crippen LogP contribution in [0.4, 0.5) is 0 Å². The summed E-state index contributed by atoms with van der Waals surface area (Å²) in [5.41, 5.74) is 9.41. The minimum atomic E-state index is 0.974. The van der Waals surface area contributed by atoms with Crippen LogP contribution in [0.5, 0.6) is 0 Å². The molecule has 1 nitrogen and oxygen atoms in total. The molecule has 0 radical (unpaired) electrons. The van der Waals surface area contributed by atoms with E-state index in [1.165, 1.54) is 16.7 Å². The summed E-state index contributed by atoms with van der Waals surface area (Å²) < 4.78 is 0. The van der Waals surface area contributed by atoms with Crippen molar-refractivity contribution in [2.75, 3.05) is 0 Å². The van der Waals surface area contributed by atoms with Gasteiger partial charge in [-0.15, -0.1) is 0 Å². The molecule has 1 rings (SSSR count). The largest absolute Gasteiger partial charge is 0.404 e. The van der Waals surface area contributed by atoms with Gasteiger partial charge in [-0.05, 0) is 37.1 Å². The zero-order valence-corrected chi connectivity index (χ0v) is 10.2. The summed E-state index contributed by atoms with van der Waals surface area (Å²) in [5, 5.41) is 0. The Morgan fingerprint density at radius 2 is 1.94 bits per heavy atom. The van der Waals surface area contributed by atoms with Crippen molar-refractivity contribution in [3.63, 3.8) is 0 Å². The zero-order valence-electron chi connectivity index (χ0n) is 10.2. The van der Waals surface area contributed by atoms with Crippen LogP contribution in [0.3, 0.4) is 0 Å². The van der Waals surface area contributed by atoms with Crippen LogP contribution in [0.25, 0.3) is 0 Å². The van der Waals surface area contributed by atoms with E-state index in [1.807, 2.05) is 0 Å². The number of hydrogen-bond donors (Lipinski definition) is 1. The molecule has 2 N–H and O–H groups in total. The molecule has 0 unspecified atom stereocenters. The van der Waals surface area contributed by atoms with E-state index in [2.05, 4.69) is 50.3 Å². The van der Waals surface area contributed by atoms with Crippen LogP contribution in [0.1, 0.15) is 30.9 Å². The lowest BCUT2D eigenvalue weighted by molar-refractivity contribution is 0.921. The molecule has 1 heteroatoms. The van der Waals surface area contributed by atoms with Gasteiger partial charge in [0.1, 0.15) is 0 Å². The van der Waals surface area contributed by atoms with Gasteiger partial charge >= 0.3 is 0 Å². The molecule has 0 bridgehead atoms. The fourth-order valence-corrected chi connectivity index (χ4v) is 1.58. The highest BCUT2D eigenvalue weighted by Gasteiger charge is 1.91. The maximum atomic E-state index is 5.54. The first kappa shape index (κ1) is 12.6. The molecule has 0 aliphatic rings. The highest BCUT2D eigenvalue weighted by Crippen LogP contribution is 2.08. The Kier molecular flexibility index (Phi) is 5.41. The van der Waals surface area contributed by atoms with Gasteiger partial charge in [0.2, 0.25) is 0 Å². The molecule has 0 saturated heterocycles. The van der Waals surface area contributed by atoms with Crippen LogP contribution in [-0.2, 0) is 6.42 Å². The van der Waals surface area contributed by atoms with Gasteiger partial charge in [-0.1, -0.05) is 55.3 Å². The molecule has 86 valence electrons. The van der Waals surface area contributed by atoms with Gasteiger partial charge in [-0.3, -0.25) is 0 Å². The number of nitrogens with two attached hydrogens (primary N) is 1. The maximum Gasteiger partial charge on any atom is -0.00298 e. The Morgan fingerprint density at radius 3 is 2.50 bits per heavy atom. The van der Waals surface area contributed by atoms with Gasteiger partial charge < -0.3 is 5.73 Å². The molecular weight excluding hydrogens is 194 g/mol. The third-order valence-corrected chi connectivity index (χ3v) is 2.56. The number of rotatable bonds is 5. The third-order valence-electron chi connectivity index (χ3n) is 2.56. The average Bonchev–Trinajstić information content (AvgIpc) is 2.30. The van der Waals surface area contributed by atoms with E-state index in [0.717, 1.165) is 19.3 Å². The smallest absolute Gasteiger partial charge is 0.00298 e. The fraction of sp³-hybridized carbons (Fsp3) is 0.333. The molecule has 0 aliphatic heterocycles. The van der Waals surface area contributed by atoms with E-state index in [9.17, 15) is 0 Å². The van der Waals surface area contributed by atoms with E-state index < -0.39 is 0 Å². The first-order chi connectivity index (χ1) is 7.76. The van der Waals surface area contributed by atoms with Crippen molar-refractivity contribution in [3.05, 3.63) is 59.3 Å². The molecule has 1 aromatic carbocycles. The lowest BCUT2D eigenvalue weighted by Gasteiger charge is -1.99. The second kappa shape index (κ2) is 6.89. The second-order valence-corrected chi connectivity index (χ2v) is 4.08. The minimum absolute atomic E-state index is 0.974. The zero-order chi connectivity index (χ0) is 11.8. The number of allylic oxidation sites excluding steroid dienone is 3. The monoisotopic (exact) mass is 215 g/mol. The van der Waals surface area contributed by atoms with Gasteiger partial charge in [-0.25, -0.2) is 0 Å². The topological polar surface area (TPSA) is 26.0 Å². The van der Waals surface area contributed by atoms with Crippen molar-refractivity contribution in [2.24, 2.45) is 5.73 Å². The summed E-state index contributed by atoms with van der Waals surface area (Å²) in [7, 11) is 0. The van der Waals surface area contributed by atoms with Crippen LogP contribution in [0.15, 0.2) is 48.2 Å². The lowest BCUT2D eigenvalue weighted by atomic mass is 10.1. The molecule has 0 aromatic heterocycles. The third kappa shape index (κ3) is 4.35. The maximum absolute atomic E-state index is 5.54. The Labute approximate surface area is 98.7 Å². The highest BCUT2D eigenvalue weighted by atomic mass is 14.5. The van der Waals surface area contributed by atoms with Crippen molar-refractivity contribution >= 4 is 0 Å². The van der Waals surface area contributed by atoms with Crippen LogP contribution in [-0.4, -0.2) is 0 Å². The molecule has 0 spiro atoms. The first-order valence-corrected chi connectivity index (χ1v) is 5.89. The van der Waals surface area contributed by atoms with E-state index in [4.69, 9.17) is 5.73 Å². The predicted molar refractivity (Wildman–Crippen MR) is 71.2 cm³/mol. The van der Waals surface area contributed by atoms with Gasteiger partial charge in [0.05, 0.1) is 0 Å². The van der Waals surface area contributed by atoms with Gasteiger partial charge in [-0.2, -0.15) is 0 Å². The molecule has 0 fully saturated rings. The highest BCUT2D eigenvalue weighted by molar-refractivity contribution is 5.25. The van der Waals surface area contributed by atoms with Crippen molar-refractivity contribution < 1.29 is 0 Å². The van der Waals surface area contributed by atoms with E-state index in [1.54, 1.807) is 6.20 Å². The van der Waals surface area contributed by atoms with E-state index in [-0.39, 0.29) is 0 Å². The SMILES string of the molecule is CCCC(/C=C\Cc1ccc(C)cc1)=C/N. The van der Waals surface area contributed by atoms with Gasteiger partial charge in [0, 0.05) is 0 Å². The lowest BCUT2D eigenvalue weighted by Crippen LogP contribution is -1.87. The van der Waals surface area contributed by atoms with Crippen molar-refractivity contribution in [1.82, 2.24) is 0 Å². The van der Waals surface area contributed by atoms with E-state index in [0.29, 0.717) is 0 Å². The summed E-state index contributed by atoms with van der Waals surface area (Å²) >= 11 is 0. The first-order valence-electron chi connectivity index (χ1n) is 5.89. The fourth-order valence-electron chi connectivity index (χ4n) is 1.58. The number of benzene rings is 1.